The summed E-state index contributed by atoms with van der Waals surface area (Å²) in [6, 6.07) is 0. The van der Waals surface area contributed by atoms with E-state index >= 15 is 0 Å². The van der Waals surface area contributed by atoms with Crippen molar-refractivity contribution < 1.29 is 0 Å². The highest BCUT2D eigenvalue weighted by molar-refractivity contribution is 9.09. The molecule has 2 aromatic rings. The predicted octanol–water partition coefficient (Wildman–Crippen LogP) is 1.49. The van der Waals surface area contributed by atoms with Gasteiger partial charge < -0.3 is 4.90 Å². The van der Waals surface area contributed by atoms with Crippen molar-refractivity contribution in [3.63, 3.8) is 0 Å². The second-order valence-corrected chi connectivity index (χ2v) is 5.27. The number of nitrogens with zero attached hydrogens (tertiary/aromatic N) is 5. The van der Waals surface area contributed by atoms with E-state index in [1.165, 1.54) is 0 Å². The Kier molecular flexibility index (Phi) is 2.51. The molecular weight excluding hydrogens is 270 g/mol. The number of aromatic nitrogens is 4. The quantitative estimate of drug-likeness (QED) is 0.743. The zero-order valence-corrected chi connectivity index (χ0v) is 10.3. The molecule has 0 unspecified atom stereocenters. The summed E-state index contributed by atoms with van der Waals surface area (Å²) >= 11 is 3.65. The van der Waals surface area contributed by atoms with Gasteiger partial charge in [0.15, 0.2) is 5.82 Å². The van der Waals surface area contributed by atoms with Crippen molar-refractivity contribution >= 4 is 27.4 Å². The maximum atomic E-state index is 4.42. The monoisotopic (exact) mass is 281 g/mol. The number of alkyl halides is 1. The standard InChI is InChI=1S/C10H12BrN5/c11-8-1-4-15(5-2-8)9-10-14-13-7-16(10)6-3-12-9/h3,6-8H,1-2,4-5H2. The molecule has 0 atom stereocenters. The third kappa shape index (κ3) is 1.67. The molecule has 0 amide bonds. The summed E-state index contributed by atoms with van der Waals surface area (Å²) in [4.78, 5) is 7.33. The van der Waals surface area contributed by atoms with E-state index in [2.05, 4.69) is 36.0 Å². The minimum atomic E-state index is 0.640. The van der Waals surface area contributed by atoms with Gasteiger partial charge in [-0.15, -0.1) is 10.2 Å². The van der Waals surface area contributed by atoms with E-state index in [1.54, 1.807) is 12.5 Å². The van der Waals surface area contributed by atoms with Gasteiger partial charge in [-0.2, -0.15) is 0 Å². The second kappa shape index (κ2) is 4.01. The van der Waals surface area contributed by atoms with Crippen LogP contribution in [0.15, 0.2) is 18.7 Å². The van der Waals surface area contributed by atoms with E-state index in [-0.39, 0.29) is 0 Å². The van der Waals surface area contributed by atoms with Crippen LogP contribution in [0.1, 0.15) is 12.8 Å². The molecule has 0 N–H and O–H groups in total. The van der Waals surface area contributed by atoms with Gasteiger partial charge in [-0.05, 0) is 12.8 Å². The molecule has 16 heavy (non-hydrogen) atoms. The number of rotatable bonds is 1. The Morgan fingerprint density at radius 2 is 2.12 bits per heavy atom. The molecule has 0 aromatic carbocycles. The first-order valence-corrected chi connectivity index (χ1v) is 6.29. The summed E-state index contributed by atoms with van der Waals surface area (Å²) in [6.07, 6.45) is 7.67. The Morgan fingerprint density at radius 3 is 2.94 bits per heavy atom. The van der Waals surface area contributed by atoms with Crippen molar-refractivity contribution in [2.75, 3.05) is 18.0 Å². The van der Waals surface area contributed by atoms with Crippen LogP contribution in [0.5, 0.6) is 0 Å². The Hall–Kier alpha value is -1.17. The van der Waals surface area contributed by atoms with E-state index in [0.29, 0.717) is 4.83 Å². The fourth-order valence-corrected chi connectivity index (χ4v) is 2.44. The van der Waals surface area contributed by atoms with Crippen molar-refractivity contribution in [2.24, 2.45) is 0 Å². The van der Waals surface area contributed by atoms with Gasteiger partial charge in [0.25, 0.3) is 0 Å². The molecule has 2 aromatic heterocycles. The lowest BCUT2D eigenvalue weighted by Crippen LogP contribution is -2.34. The summed E-state index contributed by atoms with van der Waals surface area (Å²) in [7, 11) is 0. The smallest absolute Gasteiger partial charge is 0.203 e. The zero-order chi connectivity index (χ0) is 11.0. The third-order valence-corrected chi connectivity index (χ3v) is 3.84. The first-order chi connectivity index (χ1) is 7.84. The second-order valence-electron chi connectivity index (χ2n) is 3.97. The fourth-order valence-electron chi connectivity index (χ4n) is 2.03. The van der Waals surface area contributed by atoms with Crippen molar-refractivity contribution in [3.05, 3.63) is 18.7 Å². The molecule has 0 radical (unpaired) electrons. The van der Waals surface area contributed by atoms with Crippen LogP contribution in [0, 0.1) is 0 Å². The molecule has 0 aliphatic carbocycles. The molecule has 1 saturated heterocycles. The van der Waals surface area contributed by atoms with Gasteiger partial charge in [-0.3, -0.25) is 4.40 Å². The number of hydrogen-bond donors (Lipinski definition) is 0. The van der Waals surface area contributed by atoms with Crippen LogP contribution in [0.25, 0.3) is 5.65 Å². The minimum Gasteiger partial charge on any atom is -0.353 e. The fraction of sp³-hybridized carbons (Fsp3) is 0.500. The number of halogens is 1. The molecule has 3 heterocycles. The van der Waals surface area contributed by atoms with Crippen LogP contribution in [-0.4, -0.2) is 37.5 Å². The van der Waals surface area contributed by atoms with Crippen LogP contribution in [0.2, 0.25) is 0 Å². The van der Waals surface area contributed by atoms with E-state index < -0.39 is 0 Å². The average Bonchev–Trinajstić information content (AvgIpc) is 2.78. The third-order valence-electron chi connectivity index (χ3n) is 2.92. The molecule has 5 nitrogen and oxygen atoms in total. The van der Waals surface area contributed by atoms with Crippen molar-refractivity contribution in [1.82, 2.24) is 19.6 Å². The maximum Gasteiger partial charge on any atom is 0.203 e. The van der Waals surface area contributed by atoms with Crippen LogP contribution in [0.4, 0.5) is 5.82 Å². The molecule has 1 aliphatic heterocycles. The maximum absolute atomic E-state index is 4.42. The minimum absolute atomic E-state index is 0.640. The van der Waals surface area contributed by atoms with Crippen LogP contribution >= 0.6 is 15.9 Å². The van der Waals surface area contributed by atoms with Gasteiger partial charge in [0, 0.05) is 30.3 Å². The normalized spacial score (nSPS) is 18.2. The Labute approximate surface area is 102 Å². The lowest BCUT2D eigenvalue weighted by Gasteiger charge is -2.30. The van der Waals surface area contributed by atoms with E-state index in [4.69, 9.17) is 0 Å². The van der Waals surface area contributed by atoms with Crippen molar-refractivity contribution in [2.45, 2.75) is 17.7 Å². The van der Waals surface area contributed by atoms with E-state index in [0.717, 1.165) is 37.4 Å². The molecule has 3 rings (SSSR count). The molecule has 84 valence electrons. The zero-order valence-electron chi connectivity index (χ0n) is 8.75. The SMILES string of the molecule is BrC1CCN(c2nccn3cnnc23)CC1. The van der Waals surface area contributed by atoms with Crippen LogP contribution in [-0.2, 0) is 0 Å². The average molecular weight is 282 g/mol. The van der Waals surface area contributed by atoms with Crippen LogP contribution in [0.3, 0.4) is 0 Å². The van der Waals surface area contributed by atoms with Gasteiger partial charge in [0.1, 0.15) is 6.33 Å². The molecule has 1 fully saturated rings. The van der Waals surface area contributed by atoms with E-state index in [9.17, 15) is 0 Å². The predicted molar refractivity (Wildman–Crippen MR) is 64.9 cm³/mol. The van der Waals surface area contributed by atoms with Gasteiger partial charge in [0.2, 0.25) is 5.65 Å². The summed E-state index contributed by atoms with van der Waals surface area (Å²) in [5.74, 6) is 0.944. The summed E-state index contributed by atoms with van der Waals surface area (Å²) < 4.78 is 1.91. The molecular formula is C10H12BrN5. The lowest BCUT2D eigenvalue weighted by atomic mass is 10.1. The highest BCUT2D eigenvalue weighted by Gasteiger charge is 2.20. The Morgan fingerprint density at radius 1 is 1.31 bits per heavy atom. The molecule has 0 bridgehead atoms. The van der Waals surface area contributed by atoms with Gasteiger partial charge in [0.05, 0.1) is 0 Å². The Balaban J connectivity index is 1.96. The van der Waals surface area contributed by atoms with Gasteiger partial charge in [-0.25, -0.2) is 4.98 Å². The van der Waals surface area contributed by atoms with Gasteiger partial charge >= 0.3 is 0 Å². The van der Waals surface area contributed by atoms with Gasteiger partial charge in [-0.1, -0.05) is 15.9 Å². The highest BCUT2D eigenvalue weighted by atomic mass is 79.9. The topological polar surface area (TPSA) is 46.3 Å². The van der Waals surface area contributed by atoms with E-state index in [1.807, 2.05) is 10.6 Å². The largest absolute Gasteiger partial charge is 0.353 e. The molecule has 0 spiro atoms. The molecule has 1 aliphatic rings. The first kappa shape index (κ1) is 10.0. The van der Waals surface area contributed by atoms with Crippen molar-refractivity contribution in [3.8, 4) is 0 Å². The number of fused-ring (bicyclic) bond motifs is 1. The summed E-state index contributed by atoms with van der Waals surface area (Å²) in [6.45, 7) is 2.05. The molecule has 6 heteroatoms. The highest BCUT2D eigenvalue weighted by Crippen LogP contribution is 2.23. The molecule has 0 saturated carbocycles. The van der Waals surface area contributed by atoms with Crippen molar-refractivity contribution in [1.29, 1.82) is 0 Å². The first-order valence-electron chi connectivity index (χ1n) is 5.38. The number of anilines is 1. The lowest BCUT2D eigenvalue weighted by molar-refractivity contribution is 0.593. The summed E-state index contributed by atoms with van der Waals surface area (Å²) in [5, 5.41) is 8.02. The number of hydrogen-bond acceptors (Lipinski definition) is 4. The Bertz CT molecular complexity index is 489. The summed E-state index contributed by atoms with van der Waals surface area (Å²) in [5.41, 5.74) is 0.843. The van der Waals surface area contributed by atoms with Crippen LogP contribution < -0.4 is 4.90 Å². The number of piperidine rings is 1.